The lowest BCUT2D eigenvalue weighted by molar-refractivity contribution is 0.134. The molecule has 0 aromatic heterocycles. The first-order chi connectivity index (χ1) is 8.38. The minimum absolute atomic E-state index is 0.711. The Kier molecular flexibility index (Phi) is 3.06. The van der Waals surface area contributed by atoms with Crippen LogP contribution in [0.5, 0.6) is 0 Å². The molecule has 1 aromatic carbocycles. The predicted molar refractivity (Wildman–Crippen MR) is 70.0 cm³/mol. The van der Waals surface area contributed by atoms with Crippen LogP contribution in [0.15, 0.2) is 24.3 Å². The average Bonchev–Trinajstić information content (AvgIpc) is 3.05. The maximum atomic E-state index is 5.52. The van der Waals surface area contributed by atoms with Gasteiger partial charge in [0.15, 0.2) is 0 Å². The molecule has 92 valence electrons. The Hall–Kier alpha value is -1.02. The van der Waals surface area contributed by atoms with Crippen molar-refractivity contribution < 1.29 is 4.74 Å². The lowest BCUT2D eigenvalue weighted by Crippen LogP contribution is -2.19. The van der Waals surface area contributed by atoms with E-state index in [9.17, 15) is 0 Å². The topological polar surface area (TPSA) is 21.3 Å². The summed E-state index contributed by atoms with van der Waals surface area (Å²) in [5.41, 5.74) is 2.57. The van der Waals surface area contributed by atoms with Crippen molar-refractivity contribution in [3.05, 3.63) is 29.8 Å². The van der Waals surface area contributed by atoms with E-state index in [0.29, 0.717) is 6.04 Å². The normalized spacial score (nSPS) is 30.1. The van der Waals surface area contributed by atoms with Crippen LogP contribution in [0.3, 0.4) is 0 Å². The van der Waals surface area contributed by atoms with E-state index in [1.54, 1.807) is 0 Å². The molecule has 0 aliphatic heterocycles. The number of para-hydroxylation sites is 1. The van der Waals surface area contributed by atoms with Crippen LogP contribution in [0.2, 0.25) is 0 Å². The molecule has 3 unspecified atom stereocenters. The van der Waals surface area contributed by atoms with E-state index in [1.807, 2.05) is 6.92 Å². The molecule has 2 saturated carbocycles. The van der Waals surface area contributed by atoms with Gasteiger partial charge in [-0.05, 0) is 44.1 Å². The second-order valence-electron chi connectivity index (χ2n) is 5.28. The maximum Gasteiger partial charge on any atom is 0.0736 e. The highest BCUT2D eigenvalue weighted by molar-refractivity contribution is 5.52. The highest BCUT2D eigenvalue weighted by Crippen LogP contribution is 2.52. The van der Waals surface area contributed by atoms with Crippen molar-refractivity contribution >= 4 is 5.69 Å². The van der Waals surface area contributed by atoms with Crippen LogP contribution in [-0.2, 0) is 11.3 Å². The third-order valence-corrected chi connectivity index (χ3v) is 4.16. The number of ether oxygens (including phenoxy) is 1. The molecule has 2 nitrogen and oxygen atoms in total. The molecule has 0 saturated heterocycles. The van der Waals surface area contributed by atoms with Gasteiger partial charge in [0.25, 0.3) is 0 Å². The van der Waals surface area contributed by atoms with Crippen molar-refractivity contribution in [2.75, 3.05) is 11.9 Å². The molecule has 2 aliphatic rings. The third-order valence-electron chi connectivity index (χ3n) is 4.16. The van der Waals surface area contributed by atoms with Gasteiger partial charge in [0.05, 0.1) is 6.61 Å². The van der Waals surface area contributed by atoms with Gasteiger partial charge in [-0.15, -0.1) is 0 Å². The minimum atomic E-state index is 0.711. The number of rotatable bonds is 5. The first-order valence-corrected chi connectivity index (χ1v) is 6.80. The monoisotopic (exact) mass is 231 g/mol. The zero-order valence-electron chi connectivity index (χ0n) is 10.5. The summed E-state index contributed by atoms with van der Waals surface area (Å²) in [6, 6.07) is 9.26. The smallest absolute Gasteiger partial charge is 0.0736 e. The Morgan fingerprint density at radius 1 is 1.29 bits per heavy atom. The highest BCUT2D eigenvalue weighted by Gasteiger charge is 2.47. The fourth-order valence-electron chi connectivity index (χ4n) is 3.08. The molecule has 17 heavy (non-hydrogen) atoms. The summed E-state index contributed by atoms with van der Waals surface area (Å²) in [5, 5.41) is 3.73. The Balaban J connectivity index is 1.68. The lowest BCUT2D eigenvalue weighted by atomic mass is 10.1. The summed E-state index contributed by atoms with van der Waals surface area (Å²) in [7, 11) is 0. The Labute approximate surface area is 103 Å². The van der Waals surface area contributed by atoms with Crippen molar-refractivity contribution in [2.45, 2.75) is 38.8 Å². The molecular weight excluding hydrogens is 210 g/mol. The van der Waals surface area contributed by atoms with Crippen molar-refractivity contribution in [1.82, 2.24) is 0 Å². The second-order valence-corrected chi connectivity index (χ2v) is 5.28. The van der Waals surface area contributed by atoms with Gasteiger partial charge in [-0.25, -0.2) is 0 Å². The molecule has 0 radical (unpaired) electrons. The summed E-state index contributed by atoms with van der Waals surface area (Å²) < 4.78 is 5.52. The molecule has 2 aliphatic carbocycles. The molecule has 0 spiro atoms. The fourth-order valence-corrected chi connectivity index (χ4v) is 3.08. The molecule has 0 amide bonds. The van der Waals surface area contributed by atoms with Crippen LogP contribution in [-0.4, -0.2) is 12.6 Å². The van der Waals surface area contributed by atoms with Gasteiger partial charge in [-0.1, -0.05) is 18.2 Å². The van der Waals surface area contributed by atoms with Crippen molar-refractivity contribution in [2.24, 2.45) is 11.8 Å². The van der Waals surface area contributed by atoms with E-state index in [4.69, 9.17) is 4.74 Å². The van der Waals surface area contributed by atoms with E-state index >= 15 is 0 Å². The molecule has 0 heterocycles. The van der Waals surface area contributed by atoms with E-state index in [-0.39, 0.29) is 0 Å². The van der Waals surface area contributed by atoms with Crippen LogP contribution in [0.25, 0.3) is 0 Å². The summed E-state index contributed by atoms with van der Waals surface area (Å²) in [6.07, 6.45) is 4.22. The van der Waals surface area contributed by atoms with Crippen LogP contribution >= 0.6 is 0 Å². The quantitative estimate of drug-likeness (QED) is 0.838. The summed E-state index contributed by atoms with van der Waals surface area (Å²) >= 11 is 0. The number of anilines is 1. The molecule has 0 bridgehead atoms. The van der Waals surface area contributed by atoms with Crippen molar-refractivity contribution in [3.63, 3.8) is 0 Å². The van der Waals surface area contributed by atoms with Crippen LogP contribution in [0, 0.1) is 11.8 Å². The van der Waals surface area contributed by atoms with Crippen LogP contribution < -0.4 is 5.32 Å². The van der Waals surface area contributed by atoms with Crippen LogP contribution in [0.4, 0.5) is 5.69 Å². The number of nitrogens with one attached hydrogen (secondary N) is 1. The maximum absolute atomic E-state index is 5.52. The Morgan fingerprint density at radius 2 is 2.18 bits per heavy atom. The van der Waals surface area contributed by atoms with Crippen molar-refractivity contribution in [1.29, 1.82) is 0 Å². The minimum Gasteiger partial charge on any atom is -0.382 e. The summed E-state index contributed by atoms with van der Waals surface area (Å²) in [5.74, 6) is 1.99. The van der Waals surface area contributed by atoms with Gasteiger partial charge < -0.3 is 10.1 Å². The molecular formula is C15H21NO. The lowest BCUT2D eigenvalue weighted by Gasteiger charge is -2.18. The molecule has 1 N–H and O–H groups in total. The zero-order valence-corrected chi connectivity index (χ0v) is 10.5. The van der Waals surface area contributed by atoms with E-state index in [1.165, 1.54) is 30.5 Å². The third kappa shape index (κ3) is 2.32. The molecule has 2 fully saturated rings. The number of fused-ring (bicyclic) bond motifs is 1. The van der Waals surface area contributed by atoms with Crippen LogP contribution in [0.1, 0.15) is 31.7 Å². The number of hydrogen-bond donors (Lipinski definition) is 1. The Bertz CT molecular complexity index is 390. The van der Waals surface area contributed by atoms with Gasteiger partial charge in [0, 0.05) is 23.9 Å². The fraction of sp³-hybridized carbons (Fsp3) is 0.600. The van der Waals surface area contributed by atoms with Gasteiger partial charge in [-0.2, -0.15) is 0 Å². The second kappa shape index (κ2) is 4.69. The van der Waals surface area contributed by atoms with Gasteiger partial charge in [0.2, 0.25) is 0 Å². The number of hydrogen-bond acceptors (Lipinski definition) is 2. The molecule has 2 heteroatoms. The first-order valence-electron chi connectivity index (χ1n) is 6.80. The standard InChI is InChI=1S/C15H21NO/c1-2-17-10-12-5-3-4-6-14(12)16-15-8-7-11-9-13(11)15/h3-6,11,13,15-16H,2,7-10H2,1H3. The molecule has 3 atom stereocenters. The molecule has 3 rings (SSSR count). The predicted octanol–water partition coefficient (Wildman–Crippen LogP) is 3.43. The van der Waals surface area contributed by atoms with Gasteiger partial charge in [-0.3, -0.25) is 0 Å². The van der Waals surface area contributed by atoms with Gasteiger partial charge in [0.1, 0.15) is 0 Å². The van der Waals surface area contributed by atoms with Crippen molar-refractivity contribution in [3.8, 4) is 0 Å². The van der Waals surface area contributed by atoms with Gasteiger partial charge >= 0.3 is 0 Å². The van der Waals surface area contributed by atoms with E-state index < -0.39 is 0 Å². The highest BCUT2D eigenvalue weighted by atomic mass is 16.5. The Morgan fingerprint density at radius 3 is 2.88 bits per heavy atom. The SMILES string of the molecule is CCOCc1ccccc1NC1CCC2CC21. The van der Waals surface area contributed by atoms with E-state index in [2.05, 4.69) is 29.6 Å². The van der Waals surface area contributed by atoms with E-state index in [0.717, 1.165) is 25.0 Å². The molecule has 1 aromatic rings. The first kappa shape index (κ1) is 11.1. The summed E-state index contributed by atoms with van der Waals surface area (Å²) in [4.78, 5) is 0. The summed E-state index contributed by atoms with van der Waals surface area (Å²) in [6.45, 7) is 3.55. The zero-order chi connectivity index (χ0) is 11.7. The average molecular weight is 231 g/mol. The number of benzene rings is 1. The largest absolute Gasteiger partial charge is 0.382 e.